The number of nitrogens with two attached hydrogens (primary N) is 1. The quantitative estimate of drug-likeness (QED) is 0.384. The molecule has 0 fully saturated rings. The Bertz CT molecular complexity index is 658. The fourth-order valence-electron chi connectivity index (χ4n) is 1.96. The van der Waals surface area contributed by atoms with Crippen molar-refractivity contribution in [2.75, 3.05) is 11.9 Å². The molecule has 0 saturated heterocycles. The topological polar surface area (TPSA) is 61.8 Å². The number of halogens is 2. The highest BCUT2D eigenvalue weighted by Gasteiger charge is 2.08. The highest BCUT2D eigenvalue weighted by Crippen LogP contribution is 2.20. The van der Waals surface area contributed by atoms with Gasteiger partial charge in [0.15, 0.2) is 5.84 Å². The molecule has 2 aromatic carbocycles. The molecular formula is C15H15BrFN3O. The van der Waals surface area contributed by atoms with Gasteiger partial charge in [-0.1, -0.05) is 21.1 Å². The molecule has 2 rings (SSSR count). The largest absolute Gasteiger partial charge is 0.409 e. The Kier molecular flexibility index (Phi) is 4.80. The smallest absolute Gasteiger partial charge is 0.170 e. The van der Waals surface area contributed by atoms with E-state index in [1.54, 1.807) is 24.3 Å². The van der Waals surface area contributed by atoms with Crippen LogP contribution in [0.15, 0.2) is 52.1 Å². The van der Waals surface area contributed by atoms with E-state index in [1.807, 2.05) is 24.1 Å². The molecule has 4 nitrogen and oxygen atoms in total. The van der Waals surface area contributed by atoms with Gasteiger partial charge < -0.3 is 15.8 Å². The molecule has 3 N–H and O–H groups in total. The highest BCUT2D eigenvalue weighted by molar-refractivity contribution is 9.10. The van der Waals surface area contributed by atoms with Crippen molar-refractivity contribution in [1.82, 2.24) is 0 Å². The van der Waals surface area contributed by atoms with Gasteiger partial charge in [-0.05, 0) is 42.5 Å². The maximum atomic E-state index is 13.8. The number of hydrogen-bond donors (Lipinski definition) is 2. The van der Waals surface area contributed by atoms with Gasteiger partial charge in [0.1, 0.15) is 5.82 Å². The Morgan fingerprint density at radius 1 is 1.29 bits per heavy atom. The SMILES string of the molecule is CN(Cc1cc(Br)ccc1F)c1ccc(C(N)=NO)cc1. The van der Waals surface area contributed by atoms with E-state index in [4.69, 9.17) is 10.9 Å². The van der Waals surface area contributed by atoms with E-state index in [-0.39, 0.29) is 11.7 Å². The molecule has 2 aromatic rings. The monoisotopic (exact) mass is 351 g/mol. The second-order valence-electron chi connectivity index (χ2n) is 4.62. The molecule has 0 radical (unpaired) electrons. The van der Waals surface area contributed by atoms with Crippen molar-refractivity contribution in [3.05, 3.63) is 63.9 Å². The van der Waals surface area contributed by atoms with Crippen molar-refractivity contribution in [3.8, 4) is 0 Å². The third-order valence-corrected chi connectivity index (χ3v) is 3.62. The Hall–Kier alpha value is -2.08. The molecule has 0 aliphatic carbocycles. The van der Waals surface area contributed by atoms with Crippen LogP contribution in [0.3, 0.4) is 0 Å². The van der Waals surface area contributed by atoms with Gasteiger partial charge in [0.05, 0.1) is 0 Å². The highest BCUT2D eigenvalue weighted by atomic mass is 79.9. The van der Waals surface area contributed by atoms with Crippen molar-refractivity contribution in [3.63, 3.8) is 0 Å². The van der Waals surface area contributed by atoms with Gasteiger partial charge in [0.25, 0.3) is 0 Å². The maximum Gasteiger partial charge on any atom is 0.170 e. The fourth-order valence-corrected chi connectivity index (χ4v) is 2.36. The third-order valence-electron chi connectivity index (χ3n) is 3.13. The first kappa shape index (κ1) is 15.3. The lowest BCUT2D eigenvalue weighted by atomic mass is 10.1. The van der Waals surface area contributed by atoms with E-state index in [9.17, 15) is 4.39 Å². The third kappa shape index (κ3) is 3.72. The molecule has 0 unspecified atom stereocenters. The zero-order valence-electron chi connectivity index (χ0n) is 11.4. The van der Waals surface area contributed by atoms with Crippen LogP contribution < -0.4 is 10.6 Å². The van der Waals surface area contributed by atoms with Gasteiger partial charge in [0, 0.05) is 34.9 Å². The number of anilines is 1. The lowest BCUT2D eigenvalue weighted by Crippen LogP contribution is -2.18. The molecule has 0 atom stereocenters. The first-order chi connectivity index (χ1) is 10.0. The zero-order valence-corrected chi connectivity index (χ0v) is 13.0. The first-order valence-electron chi connectivity index (χ1n) is 6.24. The lowest BCUT2D eigenvalue weighted by Gasteiger charge is -2.20. The molecule has 6 heteroatoms. The summed E-state index contributed by atoms with van der Waals surface area (Å²) in [6, 6.07) is 12.0. The number of oxime groups is 1. The van der Waals surface area contributed by atoms with Gasteiger partial charge in [-0.3, -0.25) is 0 Å². The number of amidine groups is 1. The molecule has 0 bridgehead atoms. The van der Waals surface area contributed by atoms with E-state index < -0.39 is 0 Å². The zero-order chi connectivity index (χ0) is 15.4. The minimum Gasteiger partial charge on any atom is -0.409 e. The van der Waals surface area contributed by atoms with Crippen molar-refractivity contribution in [2.45, 2.75) is 6.54 Å². The van der Waals surface area contributed by atoms with Crippen LogP contribution in [0.5, 0.6) is 0 Å². The summed E-state index contributed by atoms with van der Waals surface area (Å²) >= 11 is 3.34. The predicted octanol–water partition coefficient (Wildman–Crippen LogP) is 3.32. The minimum absolute atomic E-state index is 0.0576. The molecule has 0 saturated carbocycles. The van der Waals surface area contributed by atoms with Crippen molar-refractivity contribution in [2.24, 2.45) is 10.9 Å². The second kappa shape index (κ2) is 6.58. The molecule has 0 aliphatic rings. The van der Waals surface area contributed by atoms with Gasteiger partial charge in [-0.15, -0.1) is 0 Å². The van der Waals surface area contributed by atoms with Crippen LogP contribution in [0.25, 0.3) is 0 Å². The van der Waals surface area contributed by atoms with Crippen molar-refractivity contribution in [1.29, 1.82) is 0 Å². The van der Waals surface area contributed by atoms with Crippen LogP contribution in [0, 0.1) is 5.82 Å². The molecule has 21 heavy (non-hydrogen) atoms. The normalized spacial score (nSPS) is 11.5. The summed E-state index contributed by atoms with van der Waals surface area (Å²) in [5.41, 5.74) is 7.65. The van der Waals surface area contributed by atoms with Crippen LogP contribution >= 0.6 is 15.9 Å². The molecule has 0 spiro atoms. The molecule has 0 aliphatic heterocycles. The average Bonchev–Trinajstić information content (AvgIpc) is 2.50. The lowest BCUT2D eigenvalue weighted by molar-refractivity contribution is 0.318. The standard InChI is InChI=1S/C15H15BrFN3O/c1-20(9-11-8-12(16)4-7-14(11)17)13-5-2-10(3-6-13)15(18)19-21/h2-8,21H,9H2,1H3,(H2,18,19). The number of nitrogens with zero attached hydrogens (tertiary/aromatic N) is 2. The van der Waals surface area contributed by atoms with Crippen LogP contribution in [0.2, 0.25) is 0 Å². The van der Waals surface area contributed by atoms with Crippen LogP contribution in [0.4, 0.5) is 10.1 Å². The summed E-state index contributed by atoms with van der Waals surface area (Å²) < 4.78 is 14.6. The molecule has 0 heterocycles. The van der Waals surface area contributed by atoms with E-state index in [2.05, 4.69) is 21.1 Å². The Morgan fingerprint density at radius 2 is 1.95 bits per heavy atom. The van der Waals surface area contributed by atoms with Crippen LogP contribution in [0.1, 0.15) is 11.1 Å². The van der Waals surface area contributed by atoms with E-state index >= 15 is 0 Å². The number of hydrogen-bond acceptors (Lipinski definition) is 3. The summed E-state index contributed by atoms with van der Waals surface area (Å²) in [4.78, 5) is 1.92. The summed E-state index contributed by atoms with van der Waals surface area (Å²) in [5, 5.41) is 11.6. The Balaban J connectivity index is 2.16. The van der Waals surface area contributed by atoms with Gasteiger partial charge in [0.2, 0.25) is 0 Å². The molecule has 110 valence electrons. The summed E-state index contributed by atoms with van der Waals surface area (Å²) in [6.45, 7) is 0.439. The first-order valence-corrected chi connectivity index (χ1v) is 7.03. The van der Waals surface area contributed by atoms with Crippen molar-refractivity contribution < 1.29 is 9.60 Å². The van der Waals surface area contributed by atoms with Gasteiger partial charge in [-0.25, -0.2) is 4.39 Å². The van der Waals surface area contributed by atoms with E-state index in [0.29, 0.717) is 17.7 Å². The fraction of sp³-hybridized carbons (Fsp3) is 0.133. The molecule has 0 amide bonds. The maximum absolute atomic E-state index is 13.8. The van der Waals surface area contributed by atoms with Crippen LogP contribution in [-0.2, 0) is 6.54 Å². The summed E-state index contributed by atoms with van der Waals surface area (Å²) in [5.74, 6) is -0.180. The van der Waals surface area contributed by atoms with Crippen LogP contribution in [-0.4, -0.2) is 18.1 Å². The number of benzene rings is 2. The van der Waals surface area contributed by atoms with Crippen molar-refractivity contribution >= 4 is 27.5 Å². The van der Waals surface area contributed by atoms with E-state index in [1.165, 1.54) is 6.07 Å². The molecular weight excluding hydrogens is 337 g/mol. The number of rotatable bonds is 4. The second-order valence-corrected chi connectivity index (χ2v) is 5.54. The van der Waals surface area contributed by atoms with Gasteiger partial charge >= 0.3 is 0 Å². The van der Waals surface area contributed by atoms with E-state index in [0.717, 1.165) is 10.2 Å². The summed E-state index contributed by atoms with van der Waals surface area (Å²) in [7, 11) is 1.87. The minimum atomic E-state index is -0.238. The van der Waals surface area contributed by atoms with Gasteiger partial charge in [-0.2, -0.15) is 0 Å². The predicted molar refractivity (Wildman–Crippen MR) is 85.2 cm³/mol. The average molecular weight is 352 g/mol. The Labute approximate surface area is 130 Å². The molecule has 0 aromatic heterocycles. The Morgan fingerprint density at radius 3 is 2.57 bits per heavy atom. The summed E-state index contributed by atoms with van der Waals surface area (Å²) in [6.07, 6.45) is 0.